The monoisotopic (exact) mass is 486 g/mol. The van der Waals surface area contributed by atoms with Crippen LogP contribution in [0, 0.1) is 0 Å². The number of aromatic nitrogens is 3. The third-order valence-electron chi connectivity index (χ3n) is 6.78. The van der Waals surface area contributed by atoms with Crippen LogP contribution in [0.15, 0.2) is 60.9 Å². The summed E-state index contributed by atoms with van der Waals surface area (Å²) in [6, 6.07) is 14.6. The number of rotatable bonds is 6. The molecule has 36 heavy (non-hydrogen) atoms. The number of amides is 3. The maximum absolute atomic E-state index is 13.5. The second-order valence-electron chi connectivity index (χ2n) is 9.29. The quantitative estimate of drug-likeness (QED) is 0.577. The molecule has 3 amide bonds. The summed E-state index contributed by atoms with van der Waals surface area (Å²) in [4.78, 5) is 47.3. The van der Waals surface area contributed by atoms with Crippen molar-refractivity contribution in [2.75, 3.05) is 13.1 Å². The molecular weight excluding hydrogens is 456 g/mol. The Bertz CT molecular complexity index is 1230. The van der Waals surface area contributed by atoms with Gasteiger partial charge in [0.2, 0.25) is 5.91 Å². The number of benzene rings is 1. The molecule has 2 aromatic heterocycles. The van der Waals surface area contributed by atoms with E-state index in [2.05, 4.69) is 15.4 Å². The first-order valence-corrected chi connectivity index (χ1v) is 12.5. The van der Waals surface area contributed by atoms with Gasteiger partial charge in [0.05, 0.1) is 0 Å². The standard InChI is InChI=1S/C27H30N6O3/c34-25(29-18-21-10-6-12-28-17-21)23-11-4-5-14-32(23)26(35)22-16-24-27(36)31(13-7-15-33(24)30-22)19-20-8-2-1-3-9-20/h1-3,6,8-10,12,16-17,23H,4-5,7,11,13-15,18-19H2,(H,29,34)/t23-/m0/s1. The average Bonchev–Trinajstić information content (AvgIpc) is 3.30. The van der Waals surface area contributed by atoms with Crippen molar-refractivity contribution < 1.29 is 14.4 Å². The number of nitrogens with one attached hydrogen (secondary N) is 1. The number of hydrogen-bond acceptors (Lipinski definition) is 5. The summed E-state index contributed by atoms with van der Waals surface area (Å²) in [5.74, 6) is -0.621. The van der Waals surface area contributed by atoms with Crippen molar-refractivity contribution in [3.8, 4) is 0 Å². The molecule has 2 aliphatic heterocycles. The smallest absolute Gasteiger partial charge is 0.275 e. The number of likely N-dealkylation sites (tertiary alicyclic amines) is 1. The first-order chi connectivity index (χ1) is 17.6. The van der Waals surface area contributed by atoms with Crippen molar-refractivity contribution >= 4 is 17.7 Å². The zero-order chi connectivity index (χ0) is 24.9. The van der Waals surface area contributed by atoms with E-state index in [9.17, 15) is 14.4 Å². The Hall–Kier alpha value is -4.01. The van der Waals surface area contributed by atoms with Crippen LogP contribution in [-0.4, -0.2) is 61.4 Å². The molecule has 2 aliphatic rings. The molecule has 9 nitrogen and oxygen atoms in total. The highest BCUT2D eigenvalue weighted by Crippen LogP contribution is 2.22. The van der Waals surface area contributed by atoms with Gasteiger partial charge >= 0.3 is 0 Å². The molecule has 4 heterocycles. The molecule has 0 bridgehead atoms. The first kappa shape index (κ1) is 23.7. The van der Waals surface area contributed by atoms with Crippen LogP contribution < -0.4 is 5.32 Å². The summed E-state index contributed by atoms with van der Waals surface area (Å²) < 4.78 is 1.64. The summed E-state index contributed by atoms with van der Waals surface area (Å²) in [6.45, 7) is 2.55. The molecule has 5 rings (SSSR count). The molecule has 1 saturated heterocycles. The van der Waals surface area contributed by atoms with E-state index in [0.717, 1.165) is 30.4 Å². The summed E-state index contributed by atoms with van der Waals surface area (Å²) in [5, 5.41) is 7.44. The minimum absolute atomic E-state index is 0.132. The Kier molecular flexibility index (Phi) is 7.06. The Morgan fingerprint density at radius 2 is 1.81 bits per heavy atom. The van der Waals surface area contributed by atoms with Crippen molar-refractivity contribution in [3.05, 3.63) is 83.4 Å². The second kappa shape index (κ2) is 10.7. The van der Waals surface area contributed by atoms with Gasteiger partial charge in [-0.15, -0.1) is 0 Å². The largest absolute Gasteiger partial charge is 0.350 e. The van der Waals surface area contributed by atoms with E-state index in [4.69, 9.17) is 0 Å². The molecule has 0 saturated carbocycles. The zero-order valence-electron chi connectivity index (χ0n) is 20.2. The molecule has 1 aromatic carbocycles. The van der Waals surface area contributed by atoms with Crippen LogP contribution >= 0.6 is 0 Å². The van der Waals surface area contributed by atoms with E-state index < -0.39 is 6.04 Å². The molecule has 0 aliphatic carbocycles. The molecule has 1 N–H and O–H groups in total. The number of carbonyl (C=O) groups excluding carboxylic acids is 3. The van der Waals surface area contributed by atoms with Crippen molar-refractivity contribution in [3.63, 3.8) is 0 Å². The highest BCUT2D eigenvalue weighted by Gasteiger charge is 2.35. The van der Waals surface area contributed by atoms with Crippen LogP contribution in [0.3, 0.4) is 0 Å². The van der Waals surface area contributed by atoms with Crippen LogP contribution in [0.2, 0.25) is 0 Å². The van der Waals surface area contributed by atoms with Crippen LogP contribution in [0.4, 0.5) is 0 Å². The molecule has 0 unspecified atom stereocenters. The van der Waals surface area contributed by atoms with Gasteiger partial charge in [0.1, 0.15) is 11.7 Å². The Labute approximate surface area is 210 Å². The lowest BCUT2D eigenvalue weighted by molar-refractivity contribution is -0.126. The third kappa shape index (κ3) is 5.15. The predicted octanol–water partition coefficient (Wildman–Crippen LogP) is 2.64. The lowest BCUT2D eigenvalue weighted by Gasteiger charge is -2.34. The molecule has 1 fully saturated rings. The molecule has 0 radical (unpaired) electrons. The SMILES string of the molecule is O=C(NCc1cccnc1)[C@@H]1CCCCN1C(=O)c1cc2n(n1)CCCN(Cc1ccccc1)C2=O. The highest BCUT2D eigenvalue weighted by atomic mass is 16.2. The molecular formula is C27H30N6O3. The number of pyridine rings is 1. The fourth-order valence-corrected chi connectivity index (χ4v) is 4.90. The molecule has 9 heteroatoms. The van der Waals surface area contributed by atoms with Crippen LogP contribution in [0.5, 0.6) is 0 Å². The van der Waals surface area contributed by atoms with Gasteiger partial charge in [-0.05, 0) is 42.9 Å². The van der Waals surface area contributed by atoms with Gasteiger partial charge in [-0.1, -0.05) is 36.4 Å². The number of carbonyl (C=O) groups is 3. The number of nitrogens with zero attached hydrogens (tertiary/aromatic N) is 5. The molecule has 1 atom stereocenters. The molecule has 186 valence electrons. The van der Waals surface area contributed by atoms with E-state index in [1.54, 1.807) is 32.9 Å². The number of hydrogen-bond donors (Lipinski definition) is 1. The van der Waals surface area contributed by atoms with E-state index in [0.29, 0.717) is 44.8 Å². The fraction of sp³-hybridized carbons (Fsp3) is 0.370. The van der Waals surface area contributed by atoms with Gasteiger partial charge in [-0.3, -0.25) is 24.0 Å². The molecule has 0 spiro atoms. The van der Waals surface area contributed by atoms with Crippen molar-refractivity contribution in [2.45, 2.75) is 51.4 Å². The Balaban J connectivity index is 1.30. The van der Waals surface area contributed by atoms with E-state index >= 15 is 0 Å². The predicted molar refractivity (Wildman–Crippen MR) is 133 cm³/mol. The maximum atomic E-state index is 13.5. The number of fused-ring (bicyclic) bond motifs is 1. The van der Waals surface area contributed by atoms with E-state index in [1.165, 1.54) is 0 Å². The second-order valence-corrected chi connectivity index (χ2v) is 9.29. The van der Waals surface area contributed by atoms with Crippen molar-refractivity contribution in [1.29, 1.82) is 0 Å². The van der Waals surface area contributed by atoms with Crippen LogP contribution in [-0.2, 0) is 24.4 Å². The summed E-state index contributed by atoms with van der Waals surface area (Å²) in [6.07, 6.45) is 6.45. The average molecular weight is 487 g/mol. The maximum Gasteiger partial charge on any atom is 0.275 e. The van der Waals surface area contributed by atoms with Crippen molar-refractivity contribution in [1.82, 2.24) is 29.9 Å². The third-order valence-corrected chi connectivity index (χ3v) is 6.78. The highest BCUT2D eigenvalue weighted by molar-refractivity contribution is 5.99. The van der Waals surface area contributed by atoms with Gasteiger partial charge in [-0.25, -0.2) is 0 Å². The van der Waals surface area contributed by atoms with Crippen LogP contribution in [0.25, 0.3) is 0 Å². The minimum atomic E-state index is -0.560. The lowest BCUT2D eigenvalue weighted by Crippen LogP contribution is -2.51. The van der Waals surface area contributed by atoms with Gasteiger partial charge in [-0.2, -0.15) is 5.10 Å². The van der Waals surface area contributed by atoms with Gasteiger partial charge in [0, 0.05) is 51.2 Å². The summed E-state index contributed by atoms with van der Waals surface area (Å²) in [7, 11) is 0. The molecule has 3 aromatic rings. The van der Waals surface area contributed by atoms with Crippen LogP contribution in [0.1, 0.15) is 57.8 Å². The normalized spacial score (nSPS) is 17.9. The zero-order valence-corrected chi connectivity index (χ0v) is 20.2. The Morgan fingerprint density at radius 1 is 0.972 bits per heavy atom. The van der Waals surface area contributed by atoms with E-state index in [1.807, 2.05) is 42.5 Å². The van der Waals surface area contributed by atoms with Gasteiger partial charge in [0.15, 0.2) is 5.69 Å². The lowest BCUT2D eigenvalue weighted by atomic mass is 10.0. The Morgan fingerprint density at radius 3 is 2.61 bits per heavy atom. The topological polar surface area (TPSA) is 100 Å². The van der Waals surface area contributed by atoms with Crippen molar-refractivity contribution in [2.24, 2.45) is 0 Å². The van der Waals surface area contributed by atoms with Gasteiger partial charge < -0.3 is 15.1 Å². The van der Waals surface area contributed by atoms with E-state index in [-0.39, 0.29) is 23.4 Å². The first-order valence-electron chi connectivity index (χ1n) is 12.5. The summed E-state index contributed by atoms with van der Waals surface area (Å²) in [5.41, 5.74) is 2.59. The minimum Gasteiger partial charge on any atom is -0.350 e. The number of aryl methyl sites for hydroxylation is 1. The number of piperidine rings is 1. The summed E-state index contributed by atoms with van der Waals surface area (Å²) >= 11 is 0. The van der Waals surface area contributed by atoms with Gasteiger partial charge in [0.25, 0.3) is 11.8 Å². The fourth-order valence-electron chi connectivity index (χ4n) is 4.90.